The van der Waals surface area contributed by atoms with Gasteiger partial charge in [-0.05, 0) is 17.7 Å². The molecule has 0 aliphatic heterocycles. The van der Waals surface area contributed by atoms with E-state index in [4.69, 9.17) is 0 Å². The van der Waals surface area contributed by atoms with Crippen molar-refractivity contribution in [3.63, 3.8) is 0 Å². The summed E-state index contributed by atoms with van der Waals surface area (Å²) in [6, 6.07) is 27.5. The molecule has 3 rings (SSSR count). The average molecular weight is 341 g/mol. The number of carbonyl (C=O) groups excluding carboxylic acids is 2. The average Bonchev–Trinajstić information content (AvgIpc) is 2.72. The first kappa shape index (κ1) is 17.4. The molecule has 0 saturated heterocycles. The molecule has 0 atom stereocenters. The third-order valence-corrected chi connectivity index (χ3v) is 4.08. The Kier molecular flexibility index (Phi) is 5.40. The molecule has 0 spiro atoms. The van der Waals surface area contributed by atoms with Crippen LogP contribution in [0.15, 0.2) is 97.1 Å². The van der Waals surface area contributed by atoms with Crippen LogP contribution in [-0.2, 0) is 0 Å². The summed E-state index contributed by atoms with van der Waals surface area (Å²) in [4.78, 5) is 27.0. The van der Waals surface area contributed by atoms with Gasteiger partial charge in [0.15, 0.2) is 5.78 Å². The third-order valence-electron chi connectivity index (χ3n) is 4.08. The molecular formula is C23H19NO2. The van der Waals surface area contributed by atoms with Crippen LogP contribution >= 0.6 is 0 Å². The number of nitrogens with zero attached hydrogens (tertiary/aromatic N) is 1. The molecular weight excluding hydrogens is 322 g/mol. The fourth-order valence-corrected chi connectivity index (χ4v) is 2.68. The Morgan fingerprint density at radius 2 is 1.08 bits per heavy atom. The molecule has 26 heavy (non-hydrogen) atoms. The second kappa shape index (κ2) is 8.08. The maximum atomic E-state index is 12.9. The smallest absolute Gasteiger partial charge is 0.258 e. The zero-order chi connectivity index (χ0) is 18.4. The summed E-state index contributed by atoms with van der Waals surface area (Å²) < 4.78 is 0. The van der Waals surface area contributed by atoms with Crippen LogP contribution in [0.2, 0.25) is 0 Å². The lowest BCUT2D eigenvalue weighted by molar-refractivity contribution is 0.0861. The molecule has 0 fully saturated rings. The number of carbonyl (C=O) groups is 2. The lowest BCUT2D eigenvalue weighted by Crippen LogP contribution is -2.26. The van der Waals surface area contributed by atoms with E-state index in [2.05, 4.69) is 0 Å². The Balaban J connectivity index is 2.00. The van der Waals surface area contributed by atoms with Crippen LogP contribution in [0.4, 0.5) is 0 Å². The lowest BCUT2D eigenvalue weighted by Gasteiger charge is -2.21. The number of allylic oxidation sites excluding steroid dienone is 1. The molecule has 3 nitrogen and oxygen atoms in total. The van der Waals surface area contributed by atoms with Gasteiger partial charge in [0.1, 0.15) is 0 Å². The van der Waals surface area contributed by atoms with Crippen molar-refractivity contribution < 1.29 is 9.59 Å². The van der Waals surface area contributed by atoms with Gasteiger partial charge in [-0.3, -0.25) is 9.59 Å². The number of benzene rings is 3. The predicted octanol–water partition coefficient (Wildman–Crippen LogP) is 4.68. The predicted molar refractivity (Wildman–Crippen MR) is 104 cm³/mol. The highest BCUT2D eigenvalue weighted by atomic mass is 16.2. The van der Waals surface area contributed by atoms with Crippen molar-refractivity contribution in [2.24, 2.45) is 0 Å². The molecule has 3 aromatic carbocycles. The highest BCUT2D eigenvalue weighted by molar-refractivity contribution is 6.10. The van der Waals surface area contributed by atoms with E-state index in [0.717, 1.165) is 5.56 Å². The Hall–Kier alpha value is -3.46. The summed E-state index contributed by atoms with van der Waals surface area (Å²) in [6.07, 6.45) is 1.52. The third kappa shape index (κ3) is 3.95. The summed E-state index contributed by atoms with van der Waals surface area (Å²) in [6.45, 7) is 0. The van der Waals surface area contributed by atoms with Crippen LogP contribution in [0.3, 0.4) is 0 Å². The Bertz CT molecular complexity index is 916. The van der Waals surface area contributed by atoms with Gasteiger partial charge in [0, 0.05) is 24.3 Å². The number of rotatable bonds is 5. The molecule has 128 valence electrons. The normalized spacial score (nSPS) is 11.0. The largest absolute Gasteiger partial charge is 0.311 e. The van der Waals surface area contributed by atoms with Crippen LogP contribution in [0, 0.1) is 0 Å². The van der Waals surface area contributed by atoms with E-state index in [9.17, 15) is 9.59 Å². The van der Waals surface area contributed by atoms with Gasteiger partial charge in [-0.15, -0.1) is 0 Å². The molecule has 0 N–H and O–H groups in total. The van der Waals surface area contributed by atoms with Gasteiger partial charge in [0.05, 0.1) is 5.70 Å². The first-order chi connectivity index (χ1) is 12.7. The Morgan fingerprint density at radius 1 is 0.654 bits per heavy atom. The molecule has 3 heteroatoms. The maximum Gasteiger partial charge on any atom is 0.258 e. The van der Waals surface area contributed by atoms with Gasteiger partial charge < -0.3 is 4.90 Å². The van der Waals surface area contributed by atoms with E-state index in [1.807, 2.05) is 66.7 Å². The second-order valence-electron chi connectivity index (χ2n) is 5.86. The van der Waals surface area contributed by atoms with Crippen LogP contribution in [0.25, 0.3) is 5.70 Å². The van der Waals surface area contributed by atoms with Crippen LogP contribution in [0.1, 0.15) is 26.3 Å². The summed E-state index contributed by atoms with van der Waals surface area (Å²) in [5.74, 6) is -0.307. The van der Waals surface area contributed by atoms with Gasteiger partial charge in [-0.25, -0.2) is 0 Å². The molecule has 0 bridgehead atoms. The summed E-state index contributed by atoms with van der Waals surface area (Å²) in [5.41, 5.74) is 2.53. The minimum Gasteiger partial charge on any atom is -0.311 e. The number of hydrogen-bond acceptors (Lipinski definition) is 2. The van der Waals surface area contributed by atoms with Crippen molar-refractivity contribution in [2.45, 2.75) is 0 Å². The first-order valence-electron chi connectivity index (χ1n) is 8.36. The number of amides is 1. The highest BCUT2D eigenvalue weighted by Gasteiger charge is 2.18. The Labute approximate surface area is 153 Å². The molecule has 1 amide bonds. The van der Waals surface area contributed by atoms with E-state index >= 15 is 0 Å². The minimum absolute atomic E-state index is 0.142. The molecule has 0 aliphatic rings. The molecule has 0 radical (unpaired) electrons. The van der Waals surface area contributed by atoms with Gasteiger partial charge in [0.2, 0.25) is 0 Å². The zero-order valence-corrected chi connectivity index (χ0v) is 14.5. The SMILES string of the molecule is CN(C(=O)c1ccccc1)C(=CC(=O)c1ccccc1)c1ccccc1. The first-order valence-corrected chi connectivity index (χ1v) is 8.36. The van der Waals surface area contributed by atoms with Gasteiger partial charge in [-0.2, -0.15) is 0 Å². The van der Waals surface area contributed by atoms with Crippen molar-refractivity contribution in [1.82, 2.24) is 4.90 Å². The second-order valence-corrected chi connectivity index (χ2v) is 5.86. The van der Waals surface area contributed by atoms with Crippen LogP contribution in [0.5, 0.6) is 0 Å². The molecule has 0 heterocycles. The van der Waals surface area contributed by atoms with Gasteiger partial charge >= 0.3 is 0 Å². The number of ketones is 1. The van der Waals surface area contributed by atoms with E-state index in [0.29, 0.717) is 16.8 Å². The summed E-state index contributed by atoms with van der Waals surface area (Å²) in [7, 11) is 1.69. The van der Waals surface area contributed by atoms with E-state index < -0.39 is 0 Å². The highest BCUT2D eigenvalue weighted by Crippen LogP contribution is 2.21. The van der Waals surface area contributed by atoms with Crippen molar-refractivity contribution in [2.75, 3.05) is 7.05 Å². The Morgan fingerprint density at radius 3 is 1.58 bits per heavy atom. The standard InChI is InChI=1S/C23H19NO2/c1-24(23(26)20-15-9-4-10-16-20)21(18-11-5-2-6-12-18)17-22(25)19-13-7-3-8-14-19/h2-17H,1H3. The molecule has 0 aliphatic carbocycles. The fraction of sp³-hybridized carbons (Fsp3) is 0.0435. The monoisotopic (exact) mass is 341 g/mol. The quantitative estimate of drug-likeness (QED) is 0.499. The van der Waals surface area contributed by atoms with Crippen molar-refractivity contribution in [3.8, 4) is 0 Å². The molecule has 0 unspecified atom stereocenters. The van der Waals surface area contributed by atoms with Crippen molar-refractivity contribution in [3.05, 3.63) is 114 Å². The number of hydrogen-bond donors (Lipinski definition) is 0. The van der Waals surface area contributed by atoms with Crippen molar-refractivity contribution >= 4 is 17.4 Å². The van der Waals surface area contributed by atoms with E-state index in [1.54, 1.807) is 31.3 Å². The van der Waals surface area contributed by atoms with Gasteiger partial charge in [-0.1, -0.05) is 78.9 Å². The molecule has 0 aromatic heterocycles. The maximum absolute atomic E-state index is 12.9. The lowest BCUT2D eigenvalue weighted by atomic mass is 10.0. The van der Waals surface area contributed by atoms with Crippen LogP contribution in [-0.4, -0.2) is 23.6 Å². The van der Waals surface area contributed by atoms with Gasteiger partial charge in [0.25, 0.3) is 5.91 Å². The molecule has 0 saturated carbocycles. The van der Waals surface area contributed by atoms with Crippen molar-refractivity contribution in [1.29, 1.82) is 0 Å². The van der Waals surface area contributed by atoms with E-state index in [1.165, 1.54) is 11.0 Å². The fourth-order valence-electron chi connectivity index (χ4n) is 2.68. The summed E-state index contributed by atoms with van der Waals surface area (Å²) in [5, 5.41) is 0. The van der Waals surface area contributed by atoms with Crippen LogP contribution < -0.4 is 0 Å². The zero-order valence-electron chi connectivity index (χ0n) is 14.5. The van der Waals surface area contributed by atoms with E-state index in [-0.39, 0.29) is 11.7 Å². The minimum atomic E-state index is -0.165. The molecule has 3 aromatic rings. The topological polar surface area (TPSA) is 37.4 Å². The summed E-state index contributed by atoms with van der Waals surface area (Å²) >= 11 is 0.